The van der Waals surface area contributed by atoms with Crippen LogP contribution in [0.25, 0.3) is 0 Å². The minimum atomic E-state index is 0.806. The maximum atomic E-state index is 9.80. The van der Waals surface area contributed by atoms with E-state index < -0.39 is 0 Å². The molecule has 0 spiro atoms. The maximum absolute atomic E-state index is 9.80. The molecule has 0 fully saturated rings. The van der Waals surface area contributed by atoms with Crippen LogP contribution in [0.5, 0.6) is 0 Å². The van der Waals surface area contributed by atoms with Crippen LogP contribution in [0.1, 0.15) is 26.2 Å². The van der Waals surface area contributed by atoms with Crippen LogP contribution in [0.4, 0.5) is 0 Å². The molecule has 0 aromatic rings. The molecule has 0 aliphatic rings. The van der Waals surface area contributed by atoms with Crippen LogP contribution in [-0.4, -0.2) is 6.29 Å². The van der Waals surface area contributed by atoms with Gasteiger partial charge in [-0.1, -0.05) is 11.6 Å². The van der Waals surface area contributed by atoms with E-state index in [1.165, 1.54) is 5.57 Å². The van der Waals surface area contributed by atoms with Gasteiger partial charge in [0.2, 0.25) is 0 Å². The van der Waals surface area contributed by atoms with Gasteiger partial charge in [0, 0.05) is 0 Å². The number of hydrogen-bond acceptors (Lipinski definition) is 1. The number of rotatable bonds is 5. The Morgan fingerprint density at radius 1 is 1.60 bits per heavy atom. The summed E-state index contributed by atoms with van der Waals surface area (Å²) in [7, 11) is 0. The van der Waals surface area contributed by atoms with Crippen LogP contribution in [0.15, 0.2) is 24.3 Å². The molecule has 0 aliphatic carbocycles. The molecule has 1 heteroatoms. The molecule has 0 saturated heterocycles. The van der Waals surface area contributed by atoms with Gasteiger partial charge in [0.05, 0.1) is 0 Å². The summed E-state index contributed by atoms with van der Waals surface area (Å²) in [5, 5.41) is 0. The summed E-state index contributed by atoms with van der Waals surface area (Å²) in [6, 6.07) is 0. The van der Waals surface area contributed by atoms with E-state index in [4.69, 9.17) is 0 Å². The third-order valence-corrected chi connectivity index (χ3v) is 1.19. The number of hydrogen-bond donors (Lipinski definition) is 0. The van der Waals surface area contributed by atoms with Crippen LogP contribution in [0.3, 0.4) is 0 Å². The molecule has 1 nitrogen and oxygen atoms in total. The highest BCUT2D eigenvalue weighted by Crippen LogP contribution is 2.03. The molecular weight excluding hydrogens is 124 g/mol. The minimum absolute atomic E-state index is 0.806. The van der Waals surface area contributed by atoms with Crippen molar-refractivity contribution in [2.24, 2.45) is 0 Å². The molecule has 0 rings (SSSR count). The molecule has 56 valence electrons. The van der Waals surface area contributed by atoms with Gasteiger partial charge in [0.15, 0.2) is 0 Å². The molecule has 0 aromatic carbocycles. The van der Waals surface area contributed by atoms with Crippen LogP contribution in [0, 0.1) is 0 Å². The van der Waals surface area contributed by atoms with Gasteiger partial charge in [-0.05, 0) is 32.3 Å². The quantitative estimate of drug-likeness (QED) is 0.247. The third kappa shape index (κ3) is 7.15. The number of carbonyl (C=O) groups is 1. The summed E-state index contributed by atoms with van der Waals surface area (Å²) in [5.41, 5.74) is 1.21. The van der Waals surface area contributed by atoms with Gasteiger partial charge in [-0.15, -0.1) is 6.58 Å². The summed E-state index contributed by atoms with van der Waals surface area (Å²) in [4.78, 5) is 9.80. The van der Waals surface area contributed by atoms with E-state index >= 15 is 0 Å². The first-order valence-electron chi connectivity index (χ1n) is 3.52. The van der Waals surface area contributed by atoms with Gasteiger partial charge in [0.25, 0.3) is 0 Å². The van der Waals surface area contributed by atoms with Gasteiger partial charge in [-0.3, -0.25) is 4.79 Å². The lowest BCUT2D eigenvalue weighted by molar-refractivity contribution is -0.104. The smallest absolute Gasteiger partial charge is 0.142 e. The second-order valence-corrected chi connectivity index (χ2v) is 2.41. The van der Waals surface area contributed by atoms with Crippen molar-refractivity contribution >= 4 is 6.29 Å². The van der Waals surface area contributed by atoms with Gasteiger partial charge < -0.3 is 0 Å². The third-order valence-electron chi connectivity index (χ3n) is 1.19. The van der Waals surface area contributed by atoms with E-state index in [-0.39, 0.29) is 0 Å². The molecule has 10 heavy (non-hydrogen) atoms. The van der Waals surface area contributed by atoms with Crippen LogP contribution in [0.2, 0.25) is 0 Å². The van der Waals surface area contributed by atoms with Crippen LogP contribution >= 0.6 is 0 Å². The summed E-state index contributed by atoms with van der Waals surface area (Å²) in [6.45, 7) is 5.80. The summed E-state index contributed by atoms with van der Waals surface area (Å²) in [6.07, 6.45) is 7.36. The zero-order valence-electron chi connectivity index (χ0n) is 6.47. The fourth-order valence-electron chi connectivity index (χ4n) is 0.673. The standard InChI is InChI=1S/C9H14O/c1-9(2)7-5-3-4-6-8-10/h4,6,8H,1,3,5,7H2,2H3/b6-4+. The molecule has 0 amide bonds. The second-order valence-electron chi connectivity index (χ2n) is 2.41. The molecule has 0 saturated carbocycles. The Morgan fingerprint density at radius 2 is 2.30 bits per heavy atom. The Balaban J connectivity index is 3.12. The Labute approximate surface area is 62.4 Å². The lowest BCUT2D eigenvalue weighted by atomic mass is 10.1. The monoisotopic (exact) mass is 138 g/mol. The summed E-state index contributed by atoms with van der Waals surface area (Å²) < 4.78 is 0. The molecule has 0 bridgehead atoms. The van der Waals surface area contributed by atoms with Gasteiger partial charge in [0.1, 0.15) is 6.29 Å². The largest absolute Gasteiger partial charge is 0.299 e. The fourth-order valence-corrected chi connectivity index (χ4v) is 0.673. The Bertz CT molecular complexity index is 134. The van der Waals surface area contributed by atoms with E-state index in [2.05, 4.69) is 6.58 Å². The maximum Gasteiger partial charge on any atom is 0.142 e. The van der Waals surface area contributed by atoms with Gasteiger partial charge in [-0.2, -0.15) is 0 Å². The van der Waals surface area contributed by atoms with Crippen LogP contribution in [-0.2, 0) is 4.79 Å². The summed E-state index contributed by atoms with van der Waals surface area (Å²) in [5.74, 6) is 0. The highest BCUT2D eigenvalue weighted by atomic mass is 16.1. The van der Waals surface area contributed by atoms with Gasteiger partial charge >= 0.3 is 0 Å². The Morgan fingerprint density at radius 3 is 2.80 bits per heavy atom. The van der Waals surface area contributed by atoms with Crippen LogP contribution < -0.4 is 0 Å². The lowest BCUT2D eigenvalue weighted by Crippen LogP contribution is -1.74. The first-order chi connectivity index (χ1) is 4.77. The average Bonchev–Trinajstić information content (AvgIpc) is 1.87. The minimum Gasteiger partial charge on any atom is -0.299 e. The Kier molecular flexibility index (Phi) is 5.74. The normalized spacial score (nSPS) is 10.1. The number of aldehydes is 1. The molecular formula is C9H14O. The van der Waals surface area contributed by atoms with Crippen molar-refractivity contribution in [3.05, 3.63) is 24.3 Å². The predicted octanol–water partition coefficient (Wildman–Crippen LogP) is 2.49. The second kappa shape index (κ2) is 6.27. The van der Waals surface area contributed by atoms with Crippen molar-refractivity contribution in [1.29, 1.82) is 0 Å². The zero-order valence-corrected chi connectivity index (χ0v) is 6.47. The highest BCUT2D eigenvalue weighted by Gasteiger charge is 1.83. The zero-order chi connectivity index (χ0) is 7.82. The van der Waals surface area contributed by atoms with Crippen molar-refractivity contribution < 1.29 is 4.79 Å². The molecule has 0 unspecified atom stereocenters. The molecule has 0 heterocycles. The molecule has 0 N–H and O–H groups in total. The topological polar surface area (TPSA) is 17.1 Å². The molecule has 0 radical (unpaired) electrons. The van der Waals surface area contributed by atoms with Crippen molar-refractivity contribution in [2.75, 3.05) is 0 Å². The van der Waals surface area contributed by atoms with E-state index in [9.17, 15) is 4.79 Å². The predicted molar refractivity (Wildman–Crippen MR) is 43.9 cm³/mol. The Hall–Kier alpha value is -0.850. The van der Waals surface area contributed by atoms with Gasteiger partial charge in [-0.25, -0.2) is 0 Å². The first kappa shape index (κ1) is 9.15. The SMILES string of the molecule is C=C(C)CCC/C=C/C=O. The number of allylic oxidation sites excluding steroid dienone is 3. The van der Waals surface area contributed by atoms with E-state index in [1.807, 2.05) is 13.0 Å². The van der Waals surface area contributed by atoms with Crippen molar-refractivity contribution in [3.8, 4) is 0 Å². The highest BCUT2D eigenvalue weighted by molar-refractivity contribution is 5.64. The number of carbonyl (C=O) groups excluding carboxylic acids is 1. The van der Waals surface area contributed by atoms with Crippen molar-refractivity contribution in [1.82, 2.24) is 0 Å². The van der Waals surface area contributed by atoms with Crippen molar-refractivity contribution in [3.63, 3.8) is 0 Å². The van der Waals surface area contributed by atoms with Crippen molar-refractivity contribution in [2.45, 2.75) is 26.2 Å². The fraction of sp³-hybridized carbons (Fsp3) is 0.444. The van der Waals surface area contributed by atoms with E-state index in [0.717, 1.165) is 25.5 Å². The number of unbranched alkanes of at least 4 members (excludes halogenated alkanes) is 1. The molecule has 0 atom stereocenters. The summed E-state index contributed by atoms with van der Waals surface area (Å²) >= 11 is 0. The van der Waals surface area contributed by atoms with E-state index in [1.54, 1.807) is 6.08 Å². The first-order valence-corrected chi connectivity index (χ1v) is 3.52. The molecule has 0 aromatic heterocycles. The average molecular weight is 138 g/mol. The molecule has 0 aliphatic heterocycles. The lowest BCUT2D eigenvalue weighted by Gasteiger charge is -1.93. The van der Waals surface area contributed by atoms with E-state index in [0.29, 0.717) is 0 Å².